The van der Waals surface area contributed by atoms with Gasteiger partial charge in [-0.3, -0.25) is 4.79 Å². The normalized spacial score (nSPS) is 31.0. The van der Waals surface area contributed by atoms with Crippen molar-refractivity contribution >= 4 is 5.97 Å². The zero-order valence-corrected chi connectivity index (χ0v) is 10.9. The second kappa shape index (κ2) is 5.17. The summed E-state index contributed by atoms with van der Waals surface area (Å²) in [4.78, 5) is 11.5. The summed E-state index contributed by atoms with van der Waals surface area (Å²) in [6, 6.07) is 0. The van der Waals surface area contributed by atoms with Crippen LogP contribution in [0.1, 0.15) is 40.5 Å². The molecule has 1 fully saturated rings. The highest BCUT2D eigenvalue weighted by Gasteiger charge is 2.43. The van der Waals surface area contributed by atoms with Gasteiger partial charge in [-0.05, 0) is 37.1 Å². The molecular formula is C13H25NO2. The number of piperidine rings is 1. The van der Waals surface area contributed by atoms with Crippen LogP contribution in [0.5, 0.6) is 0 Å². The maximum Gasteiger partial charge on any atom is 0.310 e. The number of carboxylic acid groups (broad SMARTS) is 1. The van der Waals surface area contributed by atoms with Gasteiger partial charge in [0.15, 0.2) is 0 Å². The highest BCUT2D eigenvalue weighted by Crippen LogP contribution is 2.38. The maximum atomic E-state index is 11.5. The Labute approximate surface area is 98.6 Å². The molecule has 0 radical (unpaired) electrons. The van der Waals surface area contributed by atoms with E-state index < -0.39 is 11.4 Å². The van der Waals surface area contributed by atoms with E-state index in [2.05, 4.69) is 33.0 Å². The number of carbonyl (C=O) groups is 1. The van der Waals surface area contributed by atoms with Crippen LogP contribution in [-0.2, 0) is 4.79 Å². The molecule has 0 aromatic heterocycles. The maximum absolute atomic E-state index is 11.5. The van der Waals surface area contributed by atoms with Crippen LogP contribution in [0.4, 0.5) is 0 Å². The fraction of sp³-hybridized carbons (Fsp3) is 0.923. The van der Waals surface area contributed by atoms with Gasteiger partial charge in [-0.2, -0.15) is 0 Å². The lowest BCUT2D eigenvalue weighted by Crippen LogP contribution is -2.50. The average Bonchev–Trinajstić information content (AvgIpc) is 2.16. The fourth-order valence-corrected chi connectivity index (χ4v) is 2.80. The molecule has 1 saturated heterocycles. The number of aliphatic carboxylic acids is 1. The molecule has 3 heteroatoms. The molecular weight excluding hydrogens is 202 g/mol. The molecule has 2 N–H and O–H groups in total. The van der Waals surface area contributed by atoms with Gasteiger partial charge >= 0.3 is 5.97 Å². The summed E-state index contributed by atoms with van der Waals surface area (Å²) >= 11 is 0. The topological polar surface area (TPSA) is 49.3 Å². The van der Waals surface area contributed by atoms with Crippen LogP contribution in [0.15, 0.2) is 0 Å². The summed E-state index contributed by atoms with van der Waals surface area (Å²) in [5.74, 6) is 0.852. The number of nitrogens with one attached hydrogen (secondary N) is 1. The molecule has 1 unspecified atom stereocenters. The molecule has 1 aliphatic rings. The van der Waals surface area contributed by atoms with Gasteiger partial charge in [0, 0.05) is 6.54 Å². The fourth-order valence-electron chi connectivity index (χ4n) is 2.80. The largest absolute Gasteiger partial charge is 0.481 e. The Balaban J connectivity index is 2.80. The first-order valence-electron chi connectivity index (χ1n) is 6.31. The Hall–Kier alpha value is -0.570. The molecule has 0 amide bonds. The van der Waals surface area contributed by atoms with Crippen LogP contribution in [0.3, 0.4) is 0 Å². The second-order valence-electron chi connectivity index (χ2n) is 6.02. The van der Waals surface area contributed by atoms with E-state index in [4.69, 9.17) is 0 Å². The summed E-state index contributed by atoms with van der Waals surface area (Å²) in [5, 5.41) is 12.8. The van der Waals surface area contributed by atoms with Gasteiger partial charge in [0.1, 0.15) is 0 Å². The number of hydrogen-bond acceptors (Lipinski definition) is 2. The number of rotatable bonds is 4. The third-order valence-corrected chi connectivity index (χ3v) is 3.72. The van der Waals surface area contributed by atoms with E-state index >= 15 is 0 Å². The summed E-state index contributed by atoms with van der Waals surface area (Å²) in [6.07, 6.45) is 1.60. The van der Waals surface area contributed by atoms with Gasteiger partial charge in [0.05, 0.1) is 5.41 Å². The molecule has 2 atom stereocenters. The lowest BCUT2D eigenvalue weighted by atomic mass is 9.69. The Morgan fingerprint density at radius 2 is 2.06 bits per heavy atom. The van der Waals surface area contributed by atoms with E-state index in [0.717, 1.165) is 19.4 Å². The van der Waals surface area contributed by atoms with Crippen LogP contribution in [0, 0.1) is 23.2 Å². The van der Waals surface area contributed by atoms with E-state index in [1.807, 2.05) is 0 Å². The van der Waals surface area contributed by atoms with Gasteiger partial charge in [-0.25, -0.2) is 0 Å². The molecule has 0 spiro atoms. The van der Waals surface area contributed by atoms with Crippen molar-refractivity contribution in [2.45, 2.75) is 40.5 Å². The summed E-state index contributed by atoms with van der Waals surface area (Å²) in [5.41, 5.74) is -0.540. The van der Waals surface area contributed by atoms with Gasteiger partial charge in [-0.15, -0.1) is 0 Å². The van der Waals surface area contributed by atoms with Crippen molar-refractivity contribution in [1.29, 1.82) is 0 Å². The van der Waals surface area contributed by atoms with E-state index in [0.29, 0.717) is 24.3 Å². The minimum Gasteiger partial charge on any atom is -0.481 e. The van der Waals surface area contributed by atoms with Crippen molar-refractivity contribution in [3.63, 3.8) is 0 Å². The number of hydrogen-bond donors (Lipinski definition) is 2. The molecule has 1 heterocycles. The summed E-state index contributed by atoms with van der Waals surface area (Å²) in [7, 11) is 0. The SMILES string of the molecule is CC(C)CC1(C(=O)O)CNC[C@H](C(C)C)C1. The van der Waals surface area contributed by atoms with E-state index in [1.54, 1.807) is 0 Å². The molecule has 0 aromatic carbocycles. The molecule has 94 valence electrons. The van der Waals surface area contributed by atoms with Crippen molar-refractivity contribution in [2.24, 2.45) is 23.2 Å². The quantitative estimate of drug-likeness (QED) is 0.775. The summed E-state index contributed by atoms with van der Waals surface area (Å²) in [6.45, 7) is 10.2. The Morgan fingerprint density at radius 3 is 2.50 bits per heavy atom. The zero-order valence-electron chi connectivity index (χ0n) is 10.9. The monoisotopic (exact) mass is 227 g/mol. The van der Waals surface area contributed by atoms with Crippen LogP contribution >= 0.6 is 0 Å². The first-order chi connectivity index (χ1) is 7.37. The van der Waals surface area contributed by atoms with Crippen molar-refractivity contribution in [2.75, 3.05) is 13.1 Å². The van der Waals surface area contributed by atoms with Crippen molar-refractivity contribution in [1.82, 2.24) is 5.32 Å². The van der Waals surface area contributed by atoms with Crippen molar-refractivity contribution in [3.05, 3.63) is 0 Å². The molecule has 0 saturated carbocycles. The first-order valence-corrected chi connectivity index (χ1v) is 6.31. The molecule has 1 aliphatic heterocycles. The minimum atomic E-state index is -0.626. The van der Waals surface area contributed by atoms with Crippen LogP contribution in [0.2, 0.25) is 0 Å². The second-order valence-corrected chi connectivity index (χ2v) is 6.02. The summed E-state index contributed by atoms with van der Waals surface area (Å²) < 4.78 is 0. The van der Waals surface area contributed by atoms with E-state index in [1.165, 1.54) is 0 Å². The van der Waals surface area contributed by atoms with Crippen LogP contribution < -0.4 is 5.32 Å². The van der Waals surface area contributed by atoms with Crippen LogP contribution in [-0.4, -0.2) is 24.2 Å². The van der Waals surface area contributed by atoms with Crippen molar-refractivity contribution < 1.29 is 9.90 Å². The minimum absolute atomic E-state index is 0.434. The third-order valence-electron chi connectivity index (χ3n) is 3.72. The van der Waals surface area contributed by atoms with Gasteiger partial charge in [-0.1, -0.05) is 27.7 Å². The molecule has 0 aliphatic carbocycles. The molecule has 16 heavy (non-hydrogen) atoms. The molecule has 1 rings (SSSR count). The van der Waals surface area contributed by atoms with Crippen molar-refractivity contribution in [3.8, 4) is 0 Å². The van der Waals surface area contributed by atoms with Crippen LogP contribution in [0.25, 0.3) is 0 Å². The van der Waals surface area contributed by atoms with E-state index in [9.17, 15) is 9.90 Å². The van der Waals surface area contributed by atoms with Gasteiger partial charge < -0.3 is 10.4 Å². The smallest absolute Gasteiger partial charge is 0.310 e. The standard InChI is InChI=1S/C13H25NO2/c1-9(2)5-13(12(15)16)6-11(10(3)4)7-14-8-13/h9-11,14H,5-8H2,1-4H3,(H,15,16)/t11-,13?/m1/s1. The molecule has 3 nitrogen and oxygen atoms in total. The molecule has 0 bridgehead atoms. The highest BCUT2D eigenvalue weighted by atomic mass is 16.4. The first kappa shape index (κ1) is 13.5. The number of carboxylic acids is 1. The Morgan fingerprint density at radius 1 is 1.44 bits per heavy atom. The lowest BCUT2D eigenvalue weighted by molar-refractivity contribution is -0.152. The Kier molecular flexibility index (Phi) is 4.36. The predicted molar refractivity (Wildman–Crippen MR) is 65.3 cm³/mol. The highest BCUT2D eigenvalue weighted by molar-refractivity contribution is 5.75. The predicted octanol–water partition coefficient (Wildman–Crippen LogP) is 2.37. The van der Waals surface area contributed by atoms with Gasteiger partial charge in [0.2, 0.25) is 0 Å². The Bertz CT molecular complexity index is 250. The van der Waals surface area contributed by atoms with E-state index in [-0.39, 0.29) is 0 Å². The molecule has 0 aromatic rings. The third kappa shape index (κ3) is 2.97. The average molecular weight is 227 g/mol. The lowest BCUT2D eigenvalue weighted by Gasteiger charge is -2.40. The zero-order chi connectivity index (χ0) is 12.3. The van der Waals surface area contributed by atoms with Gasteiger partial charge in [0.25, 0.3) is 0 Å².